The second-order valence-electron chi connectivity index (χ2n) is 8.54. The molecule has 4 heteroatoms. The Kier molecular flexibility index (Phi) is 6.36. The van der Waals surface area contributed by atoms with Gasteiger partial charge in [0.05, 0.1) is 19.8 Å². The van der Waals surface area contributed by atoms with Crippen molar-refractivity contribution < 1.29 is 14.6 Å². The number of ether oxygens (including phenoxy) is 2. The van der Waals surface area contributed by atoms with Gasteiger partial charge in [0, 0.05) is 11.4 Å². The summed E-state index contributed by atoms with van der Waals surface area (Å²) < 4.78 is 11.4. The molecule has 1 unspecified atom stereocenters. The number of aromatic hydroxyl groups is 1. The summed E-state index contributed by atoms with van der Waals surface area (Å²) in [5.74, 6) is 2.71. The number of hydrogen-bond donors (Lipinski definition) is 1. The zero-order valence-electron chi connectivity index (χ0n) is 18.5. The van der Waals surface area contributed by atoms with Gasteiger partial charge in [-0.2, -0.15) is 0 Å². The van der Waals surface area contributed by atoms with Gasteiger partial charge in [-0.25, -0.2) is 0 Å². The number of rotatable bonds is 7. The fourth-order valence-electron chi connectivity index (χ4n) is 4.16. The maximum absolute atomic E-state index is 9.79. The largest absolute Gasteiger partial charge is 0.508 e. The molecule has 1 aliphatic rings. The highest BCUT2D eigenvalue weighted by atomic mass is 16.5. The van der Waals surface area contributed by atoms with E-state index >= 15 is 0 Å². The second-order valence-corrected chi connectivity index (χ2v) is 8.54. The summed E-state index contributed by atoms with van der Waals surface area (Å²) in [5.41, 5.74) is 4.77. The second kappa shape index (κ2) is 9.34. The number of phenolic OH excluding ortho intramolecular Hbond substituents is 1. The van der Waals surface area contributed by atoms with Gasteiger partial charge in [0.25, 0.3) is 0 Å². The van der Waals surface area contributed by atoms with Gasteiger partial charge in [0.2, 0.25) is 0 Å². The van der Waals surface area contributed by atoms with E-state index in [2.05, 4.69) is 55.1 Å². The molecule has 0 aromatic heterocycles. The van der Waals surface area contributed by atoms with E-state index in [1.165, 1.54) is 16.8 Å². The van der Waals surface area contributed by atoms with E-state index in [1.54, 1.807) is 19.2 Å². The minimum atomic E-state index is 0.204. The van der Waals surface area contributed by atoms with E-state index < -0.39 is 0 Å². The Morgan fingerprint density at radius 2 is 1.68 bits per heavy atom. The molecule has 162 valence electrons. The third-order valence-corrected chi connectivity index (χ3v) is 5.90. The summed E-state index contributed by atoms with van der Waals surface area (Å²) in [6.07, 6.45) is 3.03. The van der Waals surface area contributed by atoms with Gasteiger partial charge in [-0.1, -0.05) is 26.0 Å². The number of benzene rings is 3. The smallest absolute Gasteiger partial charge is 0.119 e. The summed E-state index contributed by atoms with van der Waals surface area (Å²) in [5, 5.41) is 9.79. The van der Waals surface area contributed by atoms with Crippen LogP contribution in [0.4, 0.5) is 11.4 Å². The average molecular weight is 418 g/mol. The number of anilines is 2. The lowest BCUT2D eigenvalue weighted by Gasteiger charge is -2.39. The van der Waals surface area contributed by atoms with Gasteiger partial charge >= 0.3 is 0 Å². The van der Waals surface area contributed by atoms with Crippen molar-refractivity contribution in [3.8, 4) is 17.2 Å². The van der Waals surface area contributed by atoms with E-state index in [-0.39, 0.29) is 11.8 Å². The maximum Gasteiger partial charge on any atom is 0.119 e. The summed E-state index contributed by atoms with van der Waals surface area (Å²) in [6.45, 7) is 5.16. The van der Waals surface area contributed by atoms with Crippen molar-refractivity contribution in [2.45, 2.75) is 39.2 Å². The van der Waals surface area contributed by atoms with E-state index in [1.807, 2.05) is 18.2 Å². The highest BCUT2D eigenvalue weighted by Gasteiger charge is 2.29. The molecule has 1 atom stereocenters. The predicted octanol–water partition coefficient (Wildman–Crippen LogP) is 6.65. The van der Waals surface area contributed by atoms with E-state index in [0.29, 0.717) is 5.92 Å². The van der Waals surface area contributed by atoms with E-state index in [4.69, 9.17) is 9.47 Å². The van der Waals surface area contributed by atoms with Crippen molar-refractivity contribution in [1.29, 1.82) is 0 Å². The number of methoxy groups -OCH3 is 1. The number of phenols is 1. The number of hydrogen-bond acceptors (Lipinski definition) is 4. The summed E-state index contributed by atoms with van der Waals surface area (Å²) in [7, 11) is 1.70. The van der Waals surface area contributed by atoms with Gasteiger partial charge < -0.3 is 19.5 Å². The third-order valence-electron chi connectivity index (χ3n) is 5.90. The minimum Gasteiger partial charge on any atom is -0.508 e. The lowest BCUT2D eigenvalue weighted by atomic mass is 9.90. The molecule has 1 heterocycles. The zero-order valence-corrected chi connectivity index (χ0v) is 18.5. The Hall–Kier alpha value is -3.14. The lowest BCUT2D eigenvalue weighted by molar-refractivity contribution is 0.289. The molecule has 4 nitrogen and oxygen atoms in total. The molecule has 0 fully saturated rings. The summed E-state index contributed by atoms with van der Waals surface area (Å²) in [4.78, 5) is 2.37. The van der Waals surface area contributed by atoms with Crippen molar-refractivity contribution in [1.82, 2.24) is 0 Å². The van der Waals surface area contributed by atoms with Gasteiger partial charge in [0.1, 0.15) is 17.2 Å². The Bertz CT molecular complexity index is 996. The maximum atomic E-state index is 9.79. The molecule has 3 aromatic carbocycles. The van der Waals surface area contributed by atoms with E-state index in [0.717, 1.165) is 43.1 Å². The fraction of sp³-hybridized carbons (Fsp3) is 0.333. The normalized spacial score (nSPS) is 15.6. The lowest BCUT2D eigenvalue weighted by Crippen LogP contribution is -2.29. The van der Waals surface area contributed by atoms with E-state index in [9.17, 15) is 5.11 Å². The highest BCUT2D eigenvalue weighted by Crippen LogP contribution is 2.45. The molecule has 0 amide bonds. The van der Waals surface area contributed by atoms with Gasteiger partial charge in [-0.3, -0.25) is 0 Å². The van der Waals surface area contributed by atoms with Crippen LogP contribution in [0.25, 0.3) is 0 Å². The highest BCUT2D eigenvalue weighted by molar-refractivity contribution is 5.71. The molecular formula is C27H31NO3. The Balaban J connectivity index is 1.64. The standard InChI is InChI=1S/C27H31NO3/c1-19(2)16-17-31-24-11-4-20(5-12-24)26-14-6-21-18-25(30-3)13-15-27(21)28(26)22-7-9-23(29)10-8-22/h4-5,7-13,15,18-19,26,29H,6,14,16-17H2,1-3H3. The first-order valence-electron chi connectivity index (χ1n) is 11.0. The van der Waals surface area contributed by atoms with Crippen molar-refractivity contribution in [2.24, 2.45) is 5.92 Å². The van der Waals surface area contributed by atoms with Crippen molar-refractivity contribution in [3.05, 3.63) is 77.9 Å². The SMILES string of the molecule is COc1ccc2c(c1)CCC(c1ccc(OCCC(C)C)cc1)N2c1ccc(O)cc1. The topological polar surface area (TPSA) is 41.9 Å². The van der Waals surface area contributed by atoms with Crippen molar-refractivity contribution in [2.75, 3.05) is 18.6 Å². The molecule has 31 heavy (non-hydrogen) atoms. The molecular weight excluding hydrogens is 386 g/mol. The quantitative estimate of drug-likeness (QED) is 0.467. The van der Waals surface area contributed by atoms with Crippen LogP contribution in [0.5, 0.6) is 17.2 Å². The summed E-state index contributed by atoms with van der Waals surface area (Å²) in [6, 6.07) is 22.4. The molecule has 3 aromatic rings. The van der Waals surface area contributed by atoms with Gasteiger partial charge in [-0.05, 0) is 90.9 Å². The van der Waals surface area contributed by atoms with Crippen molar-refractivity contribution in [3.63, 3.8) is 0 Å². The zero-order chi connectivity index (χ0) is 21.8. The molecule has 1 aliphatic heterocycles. The Morgan fingerprint density at radius 3 is 2.35 bits per heavy atom. The monoisotopic (exact) mass is 417 g/mol. The Morgan fingerprint density at radius 1 is 0.968 bits per heavy atom. The van der Waals surface area contributed by atoms with Crippen LogP contribution in [0.2, 0.25) is 0 Å². The van der Waals surface area contributed by atoms with Crippen molar-refractivity contribution >= 4 is 11.4 Å². The molecule has 1 N–H and O–H groups in total. The molecule has 0 saturated carbocycles. The molecule has 0 saturated heterocycles. The molecule has 0 bridgehead atoms. The van der Waals surface area contributed by atoms with Gasteiger partial charge in [-0.15, -0.1) is 0 Å². The number of nitrogens with zero attached hydrogens (tertiary/aromatic N) is 1. The van der Waals surface area contributed by atoms with Crippen LogP contribution >= 0.6 is 0 Å². The number of aryl methyl sites for hydroxylation is 1. The molecule has 0 aliphatic carbocycles. The summed E-state index contributed by atoms with van der Waals surface area (Å²) >= 11 is 0. The predicted molar refractivity (Wildman–Crippen MR) is 126 cm³/mol. The van der Waals surface area contributed by atoms with Crippen LogP contribution < -0.4 is 14.4 Å². The Labute approximate surface area is 185 Å². The average Bonchev–Trinajstić information content (AvgIpc) is 2.79. The first kappa shape index (κ1) is 21.1. The van der Waals surface area contributed by atoms with Crippen LogP contribution in [-0.4, -0.2) is 18.8 Å². The number of fused-ring (bicyclic) bond motifs is 1. The minimum absolute atomic E-state index is 0.204. The first-order chi connectivity index (χ1) is 15.0. The first-order valence-corrected chi connectivity index (χ1v) is 11.0. The fourth-order valence-corrected chi connectivity index (χ4v) is 4.16. The van der Waals surface area contributed by atoms with Crippen LogP contribution in [0, 0.1) is 5.92 Å². The molecule has 0 spiro atoms. The van der Waals surface area contributed by atoms with Crippen LogP contribution in [0.1, 0.15) is 43.9 Å². The van der Waals surface area contributed by atoms with Crippen LogP contribution in [0.3, 0.4) is 0 Å². The molecule has 4 rings (SSSR count). The molecule has 0 radical (unpaired) electrons. The van der Waals surface area contributed by atoms with Crippen LogP contribution in [-0.2, 0) is 6.42 Å². The third kappa shape index (κ3) is 4.79. The van der Waals surface area contributed by atoms with Crippen LogP contribution in [0.15, 0.2) is 66.7 Å². The van der Waals surface area contributed by atoms with Gasteiger partial charge in [0.15, 0.2) is 0 Å².